The van der Waals surface area contributed by atoms with E-state index in [0.717, 1.165) is 6.54 Å². The first kappa shape index (κ1) is 12.2. The Morgan fingerprint density at radius 3 is 2.75 bits per heavy atom. The van der Waals surface area contributed by atoms with Crippen molar-refractivity contribution in [2.75, 3.05) is 12.4 Å². The molecule has 0 saturated heterocycles. The van der Waals surface area contributed by atoms with Crippen LogP contribution in [0.3, 0.4) is 0 Å². The predicted molar refractivity (Wildman–Crippen MR) is 65.6 cm³/mol. The van der Waals surface area contributed by atoms with Crippen LogP contribution in [0, 0.1) is 5.82 Å². The molecular weight excluding hydrogens is 248 g/mol. The number of hydrogen-bond donors (Lipinski definition) is 0. The van der Waals surface area contributed by atoms with Gasteiger partial charge >= 0.3 is 0 Å². The standard InChI is InChI=1S/C12H14Cl2FN/c13-6-7-16(10-4-5-10)8-9-2-1-3-11(14)12(9)15/h1-3,10H,4-8H2. The van der Waals surface area contributed by atoms with Gasteiger partial charge in [-0.3, -0.25) is 4.90 Å². The minimum Gasteiger partial charge on any atom is -0.295 e. The van der Waals surface area contributed by atoms with Crippen LogP contribution in [0.15, 0.2) is 18.2 Å². The van der Waals surface area contributed by atoms with Gasteiger partial charge in [-0.2, -0.15) is 0 Å². The van der Waals surface area contributed by atoms with Crippen molar-refractivity contribution in [3.63, 3.8) is 0 Å². The van der Waals surface area contributed by atoms with E-state index in [1.54, 1.807) is 18.2 Å². The first-order valence-corrected chi connectivity index (χ1v) is 6.36. The molecule has 1 fully saturated rings. The smallest absolute Gasteiger partial charge is 0.146 e. The van der Waals surface area contributed by atoms with Crippen molar-refractivity contribution in [3.05, 3.63) is 34.6 Å². The van der Waals surface area contributed by atoms with Crippen LogP contribution in [0.5, 0.6) is 0 Å². The van der Waals surface area contributed by atoms with Crippen LogP contribution in [0.25, 0.3) is 0 Å². The van der Waals surface area contributed by atoms with Gasteiger partial charge in [-0.05, 0) is 18.9 Å². The molecule has 1 nitrogen and oxygen atoms in total. The van der Waals surface area contributed by atoms with Crippen molar-refractivity contribution in [1.82, 2.24) is 4.90 Å². The third-order valence-corrected chi connectivity index (χ3v) is 3.30. The maximum Gasteiger partial charge on any atom is 0.146 e. The maximum absolute atomic E-state index is 13.7. The number of hydrogen-bond acceptors (Lipinski definition) is 1. The van der Waals surface area contributed by atoms with E-state index in [1.807, 2.05) is 0 Å². The molecule has 0 aliphatic heterocycles. The molecular formula is C12H14Cl2FN. The van der Waals surface area contributed by atoms with Crippen LogP contribution in [0.2, 0.25) is 5.02 Å². The zero-order chi connectivity index (χ0) is 11.5. The van der Waals surface area contributed by atoms with Crippen LogP contribution in [-0.4, -0.2) is 23.4 Å². The molecule has 0 atom stereocenters. The number of benzene rings is 1. The first-order valence-electron chi connectivity index (χ1n) is 5.45. The lowest BCUT2D eigenvalue weighted by atomic mass is 10.2. The van der Waals surface area contributed by atoms with Crippen molar-refractivity contribution < 1.29 is 4.39 Å². The van der Waals surface area contributed by atoms with E-state index in [9.17, 15) is 4.39 Å². The Bertz CT molecular complexity index is 366. The quantitative estimate of drug-likeness (QED) is 0.731. The van der Waals surface area contributed by atoms with Crippen LogP contribution < -0.4 is 0 Å². The summed E-state index contributed by atoms with van der Waals surface area (Å²) in [7, 11) is 0. The van der Waals surface area contributed by atoms with Gasteiger partial charge in [0.15, 0.2) is 0 Å². The third-order valence-electron chi connectivity index (χ3n) is 2.84. The van der Waals surface area contributed by atoms with Crippen molar-refractivity contribution in [2.24, 2.45) is 0 Å². The number of halogens is 3. The normalized spacial score (nSPS) is 15.8. The summed E-state index contributed by atoms with van der Waals surface area (Å²) in [4.78, 5) is 2.22. The van der Waals surface area contributed by atoms with E-state index in [4.69, 9.17) is 23.2 Å². The second-order valence-electron chi connectivity index (χ2n) is 4.10. The summed E-state index contributed by atoms with van der Waals surface area (Å²) in [5, 5.41) is 0.194. The van der Waals surface area contributed by atoms with Crippen molar-refractivity contribution in [1.29, 1.82) is 0 Å². The molecule has 0 heterocycles. The van der Waals surface area contributed by atoms with E-state index < -0.39 is 0 Å². The van der Waals surface area contributed by atoms with Crippen molar-refractivity contribution in [3.8, 4) is 0 Å². The molecule has 0 bridgehead atoms. The van der Waals surface area contributed by atoms with Gasteiger partial charge in [0.25, 0.3) is 0 Å². The van der Waals surface area contributed by atoms with Crippen molar-refractivity contribution >= 4 is 23.2 Å². The molecule has 2 rings (SSSR count). The summed E-state index contributed by atoms with van der Waals surface area (Å²) in [6.07, 6.45) is 2.39. The lowest BCUT2D eigenvalue weighted by Crippen LogP contribution is -2.28. The molecule has 0 amide bonds. The molecule has 1 saturated carbocycles. The summed E-state index contributed by atoms with van der Waals surface area (Å²) in [5.41, 5.74) is 0.657. The zero-order valence-electron chi connectivity index (χ0n) is 8.93. The van der Waals surface area contributed by atoms with Crippen LogP contribution in [-0.2, 0) is 6.54 Å². The van der Waals surface area contributed by atoms with E-state index in [2.05, 4.69) is 4.90 Å². The molecule has 0 N–H and O–H groups in total. The molecule has 0 aromatic heterocycles. The fourth-order valence-electron chi connectivity index (χ4n) is 1.83. The second kappa shape index (κ2) is 5.35. The SMILES string of the molecule is Fc1c(Cl)cccc1CN(CCCl)C1CC1. The van der Waals surface area contributed by atoms with E-state index in [0.29, 0.717) is 24.0 Å². The maximum atomic E-state index is 13.7. The Morgan fingerprint density at radius 2 is 2.12 bits per heavy atom. The van der Waals surface area contributed by atoms with Crippen molar-refractivity contribution in [2.45, 2.75) is 25.4 Å². The summed E-state index contributed by atoms with van der Waals surface area (Å²) in [5.74, 6) is 0.281. The highest BCUT2D eigenvalue weighted by Crippen LogP contribution is 2.29. The lowest BCUT2D eigenvalue weighted by molar-refractivity contribution is 0.267. The highest BCUT2D eigenvalue weighted by atomic mass is 35.5. The molecule has 1 aromatic rings. The minimum atomic E-state index is -0.301. The van der Waals surface area contributed by atoms with Gasteiger partial charge in [0.1, 0.15) is 5.82 Å². The van der Waals surface area contributed by atoms with E-state index in [1.165, 1.54) is 12.8 Å². The second-order valence-corrected chi connectivity index (χ2v) is 4.89. The molecule has 88 valence electrons. The van der Waals surface area contributed by atoms with Crippen LogP contribution in [0.4, 0.5) is 4.39 Å². The highest BCUT2D eigenvalue weighted by molar-refractivity contribution is 6.30. The lowest BCUT2D eigenvalue weighted by Gasteiger charge is -2.21. The molecule has 1 aromatic carbocycles. The fourth-order valence-corrected chi connectivity index (χ4v) is 2.24. The Kier molecular flexibility index (Phi) is 4.06. The number of rotatable bonds is 5. The van der Waals surface area contributed by atoms with Gasteiger partial charge in [0.05, 0.1) is 5.02 Å². The van der Waals surface area contributed by atoms with Gasteiger partial charge in [0.2, 0.25) is 0 Å². The average molecular weight is 262 g/mol. The van der Waals surface area contributed by atoms with Crippen LogP contribution >= 0.6 is 23.2 Å². The Hall–Kier alpha value is -0.310. The summed E-state index contributed by atoms with van der Waals surface area (Å²) in [6.45, 7) is 1.40. The topological polar surface area (TPSA) is 3.24 Å². The number of nitrogens with zero attached hydrogens (tertiary/aromatic N) is 1. The fraction of sp³-hybridized carbons (Fsp3) is 0.500. The summed E-state index contributed by atoms with van der Waals surface area (Å²) in [6, 6.07) is 5.72. The molecule has 1 aliphatic carbocycles. The minimum absolute atomic E-state index is 0.194. The highest BCUT2D eigenvalue weighted by Gasteiger charge is 2.29. The Labute approximate surface area is 105 Å². The average Bonchev–Trinajstić information content (AvgIpc) is 3.07. The third kappa shape index (κ3) is 2.88. The van der Waals surface area contributed by atoms with Crippen LogP contribution in [0.1, 0.15) is 18.4 Å². The summed E-state index contributed by atoms with van der Waals surface area (Å²) >= 11 is 11.5. The zero-order valence-corrected chi connectivity index (χ0v) is 10.4. The molecule has 4 heteroatoms. The molecule has 0 radical (unpaired) electrons. The number of alkyl halides is 1. The Balaban J connectivity index is 2.08. The van der Waals surface area contributed by atoms with Gasteiger partial charge < -0.3 is 0 Å². The molecule has 1 aliphatic rings. The molecule has 0 spiro atoms. The van der Waals surface area contributed by atoms with Gasteiger partial charge in [-0.1, -0.05) is 23.7 Å². The van der Waals surface area contributed by atoms with E-state index in [-0.39, 0.29) is 10.8 Å². The van der Waals surface area contributed by atoms with Gasteiger partial charge in [-0.25, -0.2) is 4.39 Å². The first-order chi connectivity index (χ1) is 7.72. The van der Waals surface area contributed by atoms with E-state index >= 15 is 0 Å². The molecule has 0 unspecified atom stereocenters. The summed E-state index contributed by atoms with van der Waals surface area (Å²) < 4.78 is 13.7. The van der Waals surface area contributed by atoms with Gasteiger partial charge in [0, 0.05) is 30.6 Å². The predicted octanol–water partition coefficient (Wildman–Crippen LogP) is 3.68. The largest absolute Gasteiger partial charge is 0.295 e. The Morgan fingerprint density at radius 1 is 1.38 bits per heavy atom. The molecule has 16 heavy (non-hydrogen) atoms. The monoisotopic (exact) mass is 261 g/mol. The van der Waals surface area contributed by atoms with Gasteiger partial charge in [-0.15, -0.1) is 11.6 Å².